The van der Waals surface area contributed by atoms with Crippen molar-refractivity contribution in [3.8, 4) is 5.75 Å². The molecule has 1 amide bonds. The maximum atomic E-state index is 12.3. The number of nitrogens with zero attached hydrogens (tertiary/aromatic N) is 1. The van der Waals surface area contributed by atoms with Gasteiger partial charge in [0, 0.05) is 12.3 Å². The van der Waals surface area contributed by atoms with Gasteiger partial charge in [0.15, 0.2) is 0 Å². The number of carbonyl (C=O) groups is 1. The summed E-state index contributed by atoms with van der Waals surface area (Å²) in [5.41, 5.74) is 1.21. The number of rotatable bonds is 15. The number of hydrogen-bond donors (Lipinski definition) is 1. The maximum absolute atomic E-state index is 12.3. The highest BCUT2D eigenvalue weighted by molar-refractivity contribution is 8.15. The van der Waals surface area contributed by atoms with E-state index in [0.29, 0.717) is 63.7 Å². The summed E-state index contributed by atoms with van der Waals surface area (Å²) in [6.45, 7) is 8.07. The van der Waals surface area contributed by atoms with Crippen LogP contribution in [0.5, 0.6) is 5.75 Å². The molecule has 0 saturated carbocycles. The molecule has 1 aromatic carbocycles. The molecule has 0 radical (unpaired) electrons. The minimum absolute atomic E-state index is 0.0775. The van der Waals surface area contributed by atoms with Gasteiger partial charge in [0.05, 0.1) is 55.4 Å². The molecule has 0 bridgehead atoms. The first kappa shape index (κ1) is 25.7. The smallest absolute Gasteiger partial charge is 0.261 e. The Morgan fingerprint density at radius 3 is 2.30 bits per heavy atom. The van der Waals surface area contributed by atoms with Crippen LogP contribution >= 0.6 is 23.1 Å². The maximum Gasteiger partial charge on any atom is 0.261 e. The number of benzene rings is 1. The molecule has 9 heteroatoms. The summed E-state index contributed by atoms with van der Waals surface area (Å²) >= 11 is 3.23. The lowest BCUT2D eigenvalue weighted by Gasteiger charge is -2.08. The lowest BCUT2D eigenvalue weighted by molar-refractivity contribution is 0.00988. The Hall–Kier alpha value is -1.91. The second-order valence-corrected chi connectivity index (χ2v) is 9.61. The molecule has 0 saturated heterocycles. The van der Waals surface area contributed by atoms with E-state index in [2.05, 4.69) is 17.2 Å². The fourth-order valence-corrected chi connectivity index (χ4v) is 4.96. The van der Waals surface area contributed by atoms with Crippen molar-refractivity contribution in [1.82, 2.24) is 5.32 Å². The molecule has 1 aliphatic rings. The summed E-state index contributed by atoms with van der Waals surface area (Å²) in [5.74, 6) is 1.78. The van der Waals surface area contributed by atoms with Crippen molar-refractivity contribution >= 4 is 34.0 Å². The number of hydrogen-bond acceptors (Lipinski definition) is 8. The van der Waals surface area contributed by atoms with Crippen molar-refractivity contribution < 1.29 is 23.7 Å². The summed E-state index contributed by atoms with van der Waals surface area (Å²) in [6.07, 6.45) is 0. The first-order chi connectivity index (χ1) is 16.1. The number of carbonyl (C=O) groups excluding carboxylic acids is 1. The molecule has 1 atom stereocenters. The molecule has 1 N–H and O–H groups in total. The Balaban J connectivity index is 1.12. The van der Waals surface area contributed by atoms with E-state index < -0.39 is 0 Å². The number of aryl methyl sites for hydroxylation is 1. The largest absolute Gasteiger partial charge is 0.491 e. The number of aliphatic imine (C=N–C) groups is 1. The number of thioether (sulfide) groups is 1. The topological polar surface area (TPSA) is 78.4 Å². The summed E-state index contributed by atoms with van der Waals surface area (Å²) < 4.78 is 22.1. The first-order valence-electron chi connectivity index (χ1n) is 11.1. The summed E-state index contributed by atoms with van der Waals surface area (Å²) in [4.78, 5) is 18.6. The van der Waals surface area contributed by atoms with E-state index in [0.717, 1.165) is 21.4 Å². The van der Waals surface area contributed by atoms with Crippen molar-refractivity contribution in [3.63, 3.8) is 0 Å². The minimum atomic E-state index is -0.0775. The van der Waals surface area contributed by atoms with Gasteiger partial charge in [-0.2, -0.15) is 0 Å². The number of ether oxygens (including phenoxy) is 4. The highest BCUT2D eigenvalue weighted by Crippen LogP contribution is 2.28. The second-order valence-electron chi connectivity index (χ2n) is 7.51. The third kappa shape index (κ3) is 9.46. The van der Waals surface area contributed by atoms with Crippen LogP contribution in [0.4, 0.5) is 0 Å². The van der Waals surface area contributed by atoms with E-state index in [4.69, 9.17) is 18.9 Å². The van der Waals surface area contributed by atoms with E-state index in [1.54, 1.807) is 11.8 Å². The van der Waals surface area contributed by atoms with Gasteiger partial charge in [0.25, 0.3) is 5.91 Å². The van der Waals surface area contributed by atoms with Gasteiger partial charge in [-0.1, -0.05) is 17.7 Å². The molecule has 2 heterocycles. The summed E-state index contributed by atoms with van der Waals surface area (Å²) in [6, 6.07) is 12.1. The highest BCUT2D eigenvalue weighted by Gasteiger charge is 2.18. The molecule has 180 valence electrons. The van der Waals surface area contributed by atoms with Gasteiger partial charge < -0.3 is 24.3 Å². The van der Waals surface area contributed by atoms with Crippen molar-refractivity contribution in [2.24, 2.45) is 4.99 Å². The van der Waals surface area contributed by atoms with Crippen LogP contribution in [0.3, 0.4) is 0 Å². The van der Waals surface area contributed by atoms with Gasteiger partial charge in [-0.05, 0) is 38.1 Å². The zero-order valence-electron chi connectivity index (χ0n) is 19.2. The lowest BCUT2D eigenvalue weighted by Crippen LogP contribution is -2.27. The SMILES string of the molecule is Cc1ccc(OCCOCCOCCOCCNC(=O)c2ccc(C3=NC(C)CS3)s2)cc1. The van der Waals surface area contributed by atoms with Crippen LogP contribution in [0.15, 0.2) is 41.4 Å². The van der Waals surface area contributed by atoms with Crippen LogP contribution in [0.25, 0.3) is 0 Å². The molecular formula is C24H32N2O5S2. The predicted octanol–water partition coefficient (Wildman–Crippen LogP) is 3.80. The second kappa shape index (κ2) is 14.4. The lowest BCUT2D eigenvalue weighted by atomic mass is 10.2. The van der Waals surface area contributed by atoms with Crippen LogP contribution in [-0.2, 0) is 14.2 Å². The zero-order valence-corrected chi connectivity index (χ0v) is 20.8. The summed E-state index contributed by atoms with van der Waals surface area (Å²) in [5, 5.41) is 3.92. The van der Waals surface area contributed by atoms with Gasteiger partial charge in [-0.15, -0.1) is 23.1 Å². The Morgan fingerprint density at radius 1 is 0.970 bits per heavy atom. The molecule has 0 fully saturated rings. The van der Waals surface area contributed by atoms with Crippen LogP contribution in [0.2, 0.25) is 0 Å². The Labute approximate surface area is 203 Å². The molecule has 0 aliphatic carbocycles. The van der Waals surface area contributed by atoms with E-state index >= 15 is 0 Å². The molecule has 3 rings (SSSR count). The average molecular weight is 493 g/mol. The van der Waals surface area contributed by atoms with Crippen molar-refractivity contribution in [2.75, 3.05) is 58.5 Å². The number of thiophene rings is 1. The Bertz CT molecular complexity index is 885. The van der Waals surface area contributed by atoms with Crippen molar-refractivity contribution in [2.45, 2.75) is 19.9 Å². The van der Waals surface area contributed by atoms with Gasteiger partial charge in [0.1, 0.15) is 17.4 Å². The van der Waals surface area contributed by atoms with Crippen LogP contribution in [0, 0.1) is 6.92 Å². The Morgan fingerprint density at radius 2 is 1.64 bits per heavy atom. The Kier molecular flexibility index (Phi) is 11.2. The minimum Gasteiger partial charge on any atom is -0.491 e. The van der Waals surface area contributed by atoms with E-state index in [9.17, 15) is 4.79 Å². The molecule has 0 spiro atoms. The number of amides is 1. The van der Waals surface area contributed by atoms with Crippen LogP contribution in [0.1, 0.15) is 27.0 Å². The van der Waals surface area contributed by atoms with Gasteiger partial charge in [-0.25, -0.2) is 0 Å². The third-order valence-electron chi connectivity index (χ3n) is 4.63. The molecule has 1 aliphatic heterocycles. The average Bonchev–Trinajstić information content (AvgIpc) is 3.47. The third-order valence-corrected chi connectivity index (χ3v) is 7.10. The molecule has 1 aromatic heterocycles. The fourth-order valence-electron chi connectivity index (χ4n) is 2.90. The van der Waals surface area contributed by atoms with Crippen molar-refractivity contribution in [1.29, 1.82) is 0 Å². The van der Waals surface area contributed by atoms with Gasteiger partial charge in [0.2, 0.25) is 0 Å². The van der Waals surface area contributed by atoms with E-state index in [1.165, 1.54) is 16.9 Å². The fraction of sp³-hybridized carbons (Fsp3) is 0.500. The van der Waals surface area contributed by atoms with Crippen LogP contribution < -0.4 is 10.1 Å². The van der Waals surface area contributed by atoms with Gasteiger partial charge >= 0.3 is 0 Å². The monoisotopic (exact) mass is 492 g/mol. The van der Waals surface area contributed by atoms with E-state index in [-0.39, 0.29) is 5.91 Å². The van der Waals surface area contributed by atoms with E-state index in [1.807, 2.05) is 43.3 Å². The predicted molar refractivity (Wildman–Crippen MR) is 134 cm³/mol. The summed E-state index contributed by atoms with van der Waals surface area (Å²) in [7, 11) is 0. The number of nitrogens with one attached hydrogen (secondary N) is 1. The molecular weight excluding hydrogens is 460 g/mol. The normalized spacial score (nSPS) is 15.5. The standard InChI is InChI=1S/C24H32N2O5S2/c1-18-3-5-20(6-4-18)31-16-15-30-14-13-29-12-11-28-10-9-25-23(27)21-7-8-22(33-21)24-26-19(2)17-32-24/h3-8,19H,9-17H2,1-2H3,(H,25,27). The molecule has 33 heavy (non-hydrogen) atoms. The quantitative estimate of drug-likeness (QED) is 0.381. The highest BCUT2D eigenvalue weighted by atomic mass is 32.2. The zero-order chi connectivity index (χ0) is 23.3. The molecule has 7 nitrogen and oxygen atoms in total. The first-order valence-corrected chi connectivity index (χ1v) is 12.9. The van der Waals surface area contributed by atoms with Crippen molar-refractivity contribution in [3.05, 3.63) is 51.7 Å². The molecule has 2 aromatic rings. The van der Waals surface area contributed by atoms with Crippen LogP contribution in [-0.4, -0.2) is 75.5 Å². The van der Waals surface area contributed by atoms with Gasteiger partial charge in [-0.3, -0.25) is 9.79 Å². The molecule has 1 unspecified atom stereocenters.